The van der Waals surface area contributed by atoms with Crippen LogP contribution in [-0.2, 0) is 10.8 Å². The fourth-order valence-electron chi connectivity index (χ4n) is 3.20. The Kier molecular flexibility index (Phi) is 8.24. The van der Waals surface area contributed by atoms with Crippen molar-refractivity contribution < 1.29 is 4.21 Å². The summed E-state index contributed by atoms with van der Waals surface area (Å²) in [6.45, 7) is 10.00. The number of rotatable bonds is 8. The lowest BCUT2D eigenvalue weighted by Gasteiger charge is -2.37. The molecule has 0 amide bonds. The molecule has 114 valence electrons. The molecule has 0 aromatic heterocycles. The maximum atomic E-state index is 12.6. The molecule has 0 bridgehead atoms. The van der Waals surface area contributed by atoms with Gasteiger partial charge < -0.3 is 5.32 Å². The van der Waals surface area contributed by atoms with Crippen LogP contribution in [0.5, 0.6) is 0 Å². The van der Waals surface area contributed by atoms with E-state index in [2.05, 4.69) is 33.0 Å². The molecule has 1 aliphatic carbocycles. The van der Waals surface area contributed by atoms with E-state index in [-0.39, 0.29) is 0 Å². The predicted molar refractivity (Wildman–Crippen MR) is 86.0 cm³/mol. The first-order chi connectivity index (χ1) is 9.10. The Morgan fingerprint density at radius 3 is 2.53 bits per heavy atom. The van der Waals surface area contributed by atoms with Crippen LogP contribution in [0, 0.1) is 11.8 Å². The van der Waals surface area contributed by atoms with Gasteiger partial charge in [0.05, 0.1) is 5.25 Å². The van der Waals surface area contributed by atoms with Crippen LogP contribution in [-0.4, -0.2) is 27.8 Å². The van der Waals surface area contributed by atoms with Crippen molar-refractivity contribution in [3.05, 3.63) is 0 Å². The van der Waals surface area contributed by atoms with E-state index in [1.807, 2.05) is 0 Å². The van der Waals surface area contributed by atoms with E-state index < -0.39 is 10.8 Å². The fraction of sp³-hybridized carbons (Fsp3) is 1.00. The maximum absolute atomic E-state index is 12.6. The van der Waals surface area contributed by atoms with Crippen molar-refractivity contribution >= 4 is 10.8 Å². The van der Waals surface area contributed by atoms with Gasteiger partial charge in [-0.05, 0) is 44.1 Å². The Labute approximate surface area is 122 Å². The smallest absolute Gasteiger partial charge is 0.0503 e. The minimum atomic E-state index is -0.639. The molecule has 19 heavy (non-hydrogen) atoms. The van der Waals surface area contributed by atoms with Crippen LogP contribution in [0.4, 0.5) is 0 Å². The maximum Gasteiger partial charge on any atom is 0.0503 e. The molecule has 1 rings (SSSR count). The second-order valence-electron chi connectivity index (χ2n) is 6.31. The lowest BCUT2D eigenvalue weighted by Crippen LogP contribution is -2.47. The van der Waals surface area contributed by atoms with E-state index >= 15 is 0 Å². The number of hydrogen-bond donors (Lipinski definition) is 1. The Bertz CT molecular complexity index is 267. The van der Waals surface area contributed by atoms with E-state index in [0.29, 0.717) is 11.3 Å². The summed E-state index contributed by atoms with van der Waals surface area (Å²) in [6, 6.07) is 0.488. The first kappa shape index (κ1) is 17.2. The highest BCUT2D eigenvalue weighted by Gasteiger charge is 2.34. The summed E-state index contributed by atoms with van der Waals surface area (Å²) in [4.78, 5) is 0. The summed E-state index contributed by atoms with van der Waals surface area (Å²) < 4.78 is 12.6. The minimum absolute atomic E-state index is 0.387. The van der Waals surface area contributed by atoms with E-state index in [4.69, 9.17) is 0 Å². The van der Waals surface area contributed by atoms with Crippen molar-refractivity contribution in [2.24, 2.45) is 11.8 Å². The highest BCUT2D eigenvalue weighted by atomic mass is 32.2. The zero-order valence-electron chi connectivity index (χ0n) is 13.3. The first-order valence-corrected chi connectivity index (χ1v) is 9.58. The average Bonchev–Trinajstić information content (AvgIpc) is 2.39. The molecule has 1 saturated carbocycles. The lowest BCUT2D eigenvalue weighted by atomic mass is 9.79. The molecule has 0 aromatic rings. The van der Waals surface area contributed by atoms with Gasteiger partial charge in [0, 0.05) is 22.6 Å². The van der Waals surface area contributed by atoms with Gasteiger partial charge >= 0.3 is 0 Å². The van der Waals surface area contributed by atoms with Gasteiger partial charge in [0.25, 0.3) is 0 Å². The Hall–Kier alpha value is 0.110. The standard InChI is InChI=1S/C16H33NOS/c1-5-7-8-11-19(18)16-12-14(13(3)4)9-10-15(16)17-6-2/h13-17H,5-12H2,1-4H3. The predicted octanol–water partition coefficient (Wildman–Crippen LogP) is 3.73. The van der Waals surface area contributed by atoms with Gasteiger partial charge in [-0.25, -0.2) is 0 Å². The second-order valence-corrected chi connectivity index (χ2v) is 8.09. The van der Waals surface area contributed by atoms with Crippen LogP contribution in [0.1, 0.15) is 66.2 Å². The summed E-state index contributed by atoms with van der Waals surface area (Å²) >= 11 is 0. The zero-order valence-corrected chi connectivity index (χ0v) is 14.1. The van der Waals surface area contributed by atoms with Crippen LogP contribution >= 0.6 is 0 Å². The number of hydrogen-bond acceptors (Lipinski definition) is 2. The Morgan fingerprint density at radius 2 is 1.95 bits per heavy atom. The van der Waals surface area contributed by atoms with Gasteiger partial charge in [-0.1, -0.05) is 40.5 Å². The van der Waals surface area contributed by atoms with Gasteiger partial charge in [0.15, 0.2) is 0 Å². The lowest BCUT2D eigenvalue weighted by molar-refractivity contribution is 0.245. The minimum Gasteiger partial charge on any atom is -0.313 e. The summed E-state index contributed by atoms with van der Waals surface area (Å²) in [5, 5.41) is 3.96. The molecule has 0 radical (unpaired) electrons. The Balaban J connectivity index is 2.57. The molecule has 4 unspecified atom stereocenters. The molecule has 1 fully saturated rings. The van der Waals surface area contributed by atoms with E-state index in [0.717, 1.165) is 37.0 Å². The summed E-state index contributed by atoms with van der Waals surface area (Å²) in [6.07, 6.45) is 7.24. The third-order valence-electron chi connectivity index (χ3n) is 4.53. The zero-order chi connectivity index (χ0) is 14.3. The van der Waals surface area contributed by atoms with Crippen LogP contribution in [0.15, 0.2) is 0 Å². The summed E-state index contributed by atoms with van der Waals surface area (Å²) in [7, 11) is -0.639. The van der Waals surface area contributed by atoms with E-state index in [9.17, 15) is 4.21 Å². The number of nitrogens with one attached hydrogen (secondary N) is 1. The molecule has 2 nitrogen and oxygen atoms in total. The topological polar surface area (TPSA) is 29.1 Å². The average molecular weight is 288 g/mol. The first-order valence-electron chi connectivity index (χ1n) is 8.20. The Morgan fingerprint density at radius 1 is 1.21 bits per heavy atom. The molecule has 0 saturated heterocycles. The van der Waals surface area contributed by atoms with Crippen molar-refractivity contribution in [1.29, 1.82) is 0 Å². The van der Waals surface area contributed by atoms with Crippen LogP contribution in [0.2, 0.25) is 0 Å². The summed E-state index contributed by atoms with van der Waals surface area (Å²) in [5.74, 6) is 2.42. The van der Waals surface area contributed by atoms with Crippen molar-refractivity contribution in [3.8, 4) is 0 Å². The third-order valence-corrected chi connectivity index (χ3v) is 6.42. The van der Waals surface area contributed by atoms with Gasteiger partial charge in [0.1, 0.15) is 0 Å². The number of unbranched alkanes of at least 4 members (excludes halogenated alkanes) is 2. The van der Waals surface area contributed by atoms with Crippen LogP contribution in [0.3, 0.4) is 0 Å². The molecule has 0 spiro atoms. The molecule has 3 heteroatoms. The van der Waals surface area contributed by atoms with E-state index in [1.165, 1.54) is 25.7 Å². The van der Waals surface area contributed by atoms with Gasteiger partial charge in [-0.15, -0.1) is 0 Å². The van der Waals surface area contributed by atoms with Crippen molar-refractivity contribution in [2.45, 2.75) is 77.5 Å². The quantitative estimate of drug-likeness (QED) is 0.689. The normalized spacial score (nSPS) is 29.6. The van der Waals surface area contributed by atoms with Gasteiger partial charge in [-0.3, -0.25) is 4.21 Å². The molecule has 1 aliphatic rings. The van der Waals surface area contributed by atoms with Crippen molar-refractivity contribution in [2.75, 3.05) is 12.3 Å². The highest BCUT2D eigenvalue weighted by molar-refractivity contribution is 7.85. The molecule has 0 aromatic carbocycles. The van der Waals surface area contributed by atoms with Crippen molar-refractivity contribution in [1.82, 2.24) is 5.32 Å². The van der Waals surface area contributed by atoms with Gasteiger partial charge in [0.2, 0.25) is 0 Å². The van der Waals surface area contributed by atoms with Crippen molar-refractivity contribution in [3.63, 3.8) is 0 Å². The molecule has 0 heterocycles. The molecule has 1 N–H and O–H groups in total. The largest absolute Gasteiger partial charge is 0.313 e. The van der Waals surface area contributed by atoms with E-state index in [1.54, 1.807) is 0 Å². The highest BCUT2D eigenvalue weighted by Crippen LogP contribution is 2.33. The second kappa shape index (κ2) is 9.12. The SMILES string of the molecule is CCCCCS(=O)C1CC(C(C)C)CCC1NCC. The molecular formula is C16H33NOS. The van der Waals surface area contributed by atoms with Crippen LogP contribution < -0.4 is 5.32 Å². The fourth-order valence-corrected chi connectivity index (χ4v) is 5.05. The monoisotopic (exact) mass is 287 g/mol. The third kappa shape index (κ3) is 5.55. The molecular weight excluding hydrogens is 254 g/mol. The van der Waals surface area contributed by atoms with Gasteiger partial charge in [-0.2, -0.15) is 0 Å². The van der Waals surface area contributed by atoms with Crippen LogP contribution in [0.25, 0.3) is 0 Å². The summed E-state index contributed by atoms with van der Waals surface area (Å²) in [5.41, 5.74) is 0. The molecule has 4 atom stereocenters. The molecule has 0 aliphatic heterocycles.